The minimum atomic E-state index is -0.447. The van der Waals surface area contributed by atoms with Crippen LogP contribution in [0.1, 0.15) is 22.8 Å². The van der Waals surface area contributed by atoms with Crippen molar-refractivity contribution >= 4 is 17.6 Å². The Balaban J connectivity index is 1.54. The Labute approximate surface area is 174 Å². The predicted molar refractivity (Wildman–Crippen MR) is 112 cm³/mol. The van der Waals surface area contributed by atoms with Gasteiger partial charge in [0.1, 0.15) is 18.1 Å². The van der Waals surface area contributed by atoms with Crippen molar-refractivity contribution in [1.29, 1.82) is 0 Å². The van der Waals surface area contributed by atoms with E-state index in [2.05, 4.69) is 10.3 Å². The van der Waals surface area contributed by atoms with Crippen LogP contribution in [0.15, 0.2) is 73.1 Å². The number of rotatable bonds is 9. The largest absolute Gasteiger partial charge is 0.489 e. The van der Waals surface area contributed by atoms with Crippen LogP contribution >= 0.6 is 0 Å². The van der Waals surface area contributed by atoms with Crippen LogP contribution in [-0.2, 0) is 16.1 Å². The van der Waals surface area contributed by atoms with Crippen molar-refractivity contribution < 1.29 is 23.8 Å². The van der Waals surface area contributed by atoms with Crippen molar-refractivity contribution in [2.24, 2.45) is 0 Å². The fourth-order valence-corrected chi connectivity index (χ4v) is 2.56. The third-order valence-electron chi connectivity index (χ3n) is 4.00. The normalized spacial score (nSPS) is 10.2. The van der Waals surface area contributed by atoms with Crippen LogP contribution in [0.4, 0.5) is 5.69 Å². The van der Waals surface area contributed by atoms with Crippen LogP contribution < -0.4 is 14.8 Å². The van der Waals surface area contributed by atoms with Gasteiger partial charge in [0.05, 0.1) is 6.61 Å². The molecule has 7 nitrogen and oxygen atoms in total. The SMILES string of the molecule is CCOC(=O)COc1cccc(NC(=O)c2ccc(OCc3cccnc3)cc2)c1. The van der Waals surface area contributed by atoms with E-state index >= 15 is 0 Å². The number of nitrogens with zero attached hydrogens (tertiary/aromatic N) is 1. The molecule has 1 aromatic heterocycles. The molecule has 0 aliphatic heterocycles. The molecule has 1 heterocycles. The van der Waals surface area contributed by atoms with Gasteiger partial charge in [-0.1, -0.05) is 12.1 Å². The highest BCUT2D eigenvalue weighted by Crippen LogP contribution is 2.19. The molecule has 0 saturated carbocycles. The second kappa shape index (κ2) is 10.6. The van der Waals surface area contributed by atoms with Crippen molar-refractivity contribution in [3.63, 3.8) is 0 Å². The monoisotopic (exact) mass is 406 g/mol. The predicted octanol–water partition coefficient (Wildman–Crippen LogP) is 3.85. The first-order valence-corrected chi connectivity index (χ1v) is 9.45. The Morgan fingerprint density at radius 3 is 2.53 bits per heavy atom. The molecular formula is C23H22N2O5. The van der Waals surface area contributed by atoms with Gasteiger partial charge in [0.2, 0.25) is 0 Å². The highest BCUT2D eigenvalue weighted by molar-refractivity contribution is 6.04. The van der Waals surface area contributed by atoms with E-state index in [1.54, 1.807) is 67.8 Å². The number of carbonyl (C=O) groups excluding carboxylic acids is 2. The molecule has 3 aromatic rings. The highest BCUT2D eigenvalue weighted by atomic mass is 16.6. The average molecular weight is 406 g/mol. The van der Waals surface area contributed by atoms with Crippen LogP contribution in [0.5, 0.6) is 11.5 Å². The van der Waals surface area contributed by atoms with Crippen LogP contribution in [0, 0.1) is 0 Å². The maximum Gasteiger partial charge on any atom is 0.344 e. The maximum absolute atomic E-state index is 12.5. The van der Waals surface area contributed by atoms with Gasteiger partial charge in [-0.15, -0.1) is 0 Å². The summed E-state index contributed by atoms with van der Waals surface area (Å²) in [6.45, 7) is 2.24. The Hall–Kier alpha value is -3.87. The molecule has 0 unspecified atom stereocenters. The van der Waals surface area contributed by atoms with Gasteiger partial charge in [-0.05, 0) is 49.4 Å². The van der Waals surface area contributed by atoms with Crippen molar-refractivity contribution in [3.05, 3.63) is 84.2 Å². The average Bonchev–Trinajstić information content (AvgIpc) is 2.78. The molecule has 1 N–H and O–H groups in total. The maximum atomic E-state index is 12.5. The number of pyridine rings is 1. The Morgan fingerprint density at radius 1 is 0.967 bits per heavy atom. The van der Waals surface area contributed by atoms with E-state index in [-0.39, 0.29) is 12.5 Å². The molecule has 0 atom stereocenters. The molecule has 3 rings (SSSR count). The Kier molecular flexibility index (Phi) is 7.38. The standard InChI is InChI=1S/C23H22N2O5/c1-2-28-22(26)16-30-21-7-3-6-19(13-21)25-23(27)18-8-10-20(11-9-18)29-15-17-5-4-12-24-14-17/h3-14H,2,15-16H2,1H3,(H,25,27). The van der Waals surface area contributed by atoms with E-state index in [1.807, 2.05) is 12.1 Å². The number of benzene rings is 2. The third kappa shape index (κ3) is 6.34. The summed E-state index contributed by atoms with van der Waals surface area (Å²) in [4.78, 5) is 27.9. The topological polar surface area (TPSA) is 86.8 Å². The van der Waals surface area contributed by atoms with Crippen molar-refractivity contribution in [2.75, 3.05) is 18.5 Å². The zero-order chi connectivity index (χ0) is 21.2. The third-order valence-corrected chi connectivity index (χ3v) is 4.00. The van der Waals surface area contributed by atoms with Crippen molar-refractivity contribution in [1.82, 2.24) is 4.98 Å². The van der Waals surface area contributed by atoms with E-state index in [0.29, 0.717) is 36.0 Å². The number of amides is 1. The molecule has 0 fully saturated rings. The Morgan fingerprint density at radius 2 is 1.80 bits per heavy atom. The smallest absolute Gasteiger partial charge is 0.344 e. The number of hydrogen-bond donors (Lipinski definition) is 1. The minimum absolute atomic E-state index is 0.189. The van der Waals surface area contributed by atoms with Gasteiger partial charge in [-0.2, -0.15) is 0 Å². The number of anilines is 1. The zero-order valence-corrected chi connectivity index (χ0v) is 16.5. The summed E-state index contributed by atoms with van der Waals surface area (Å²) >= 11 is 0. The molecule has 0 aliphatic carbocycles. The van der Waals surface area contributed by atoms with Crippen LogP contribution in [-0.4, -0.2) is 30.1 Å². The molecule has 2 aromatic carbocycles. The molecule has 0 saturated heterocycles. The number of hydrogen-bond acceptors (Lipinski definition) is 6. The molecule has 30 heavy (non-hydrogen) atoms. The summed E-state index contributed by atoms with van der Waals surface area (Å²) in [6, 6.07) is 17.4. The molecule has 0 bridgehead atoms. The quantitative estimate of drug-likeness (QED) is 0.543. The summed E-state index contributed by atoms with van der Waals surface area (Å²) in [6.07, 6.45) is 3.45. The molecule has 0 aliphatic rings. The lowest BCUT2D eigenvalue weighted by Crippen LogP contribution is -2.15. The first-order chi connectivity index (χ1) is 14.6. The van der Waals surface area contributed by atoms with E-state index in [9.17, 15) is 9.59 Å². The summed E-state index contributed by atoms with van der Waals surface area (Å²) in [5, 5.41) is 2.80. The second-order valence-electron chi connectivity index (χ2n) is 6.25. The van der Waals surface area contributed by atoms with Crippen LogP contribution in [0.25, 0.3) is 0 Å². The lowest BCUT2D eigenvalue weighted by Gasteiger charge is -2.10. The number of esters is 1. The molecular weight excluding hydrogens is 384 g/mol. The first-order valence-electron chi connectivity index (χ1n) is 9.45. The number of aromatic nitrogens is 1. The van der Waals surface area contributed by atoms with Crippen molar-refractivity contribution in [2.45, 2.75) is 13.5 Å². The zero-order valence-electron chi connectivity index (χ0n) is 16.5. The fourth-order valence-electron chi connectivity index (χ4n) is 2.56. The van der Waals surface area contributed by atoms with Gasteiger partial charge in [0.15, 0.2) is 6.61 Å². The molecule has 7 heteroatoms. The molecule has 1 amide bonds. The van der Waals surface area contributed by atoms with E-state index < -0.39 is 5.97 Å². The van der Waals surface area contributed by atoms with Crippen molar-refractivity contribution in [3.8, 4) is 11.5 Å². The van der Waals surface area contributed by atoms with E-state index in [4.69, 9.17) is 14.2 Å². The highest BCUT2D eigenvalue weighted by Gasteiger charge is 2.08. The lowest BCUT2D eigenvalue weighted by atomic mass is 10.2. The number of carbonyl (C=O) groups is 2. The Bertz CT molecular complexity index is 974. The van der Waals surface area contributed by atoms with Gasteiger partial charge in [-0.25, -0.2) is 4.79 Å². The van der Waals surface area contributed by atoms with Gasteiger partial charge < -0.3 is 19.5 Å². The first kappa shape index (κ1) is 20.9. The number of nitrogens with one attached hydrogen (secondary N) is 1. The van der Waals surface area contributed by atoms with E-state index in [0.717, 1.165) is 5.56 Å². The molecule has 154 valence electrons. The van der Waals surface area contributed by atoms with Gasteiger partial charge in [0, 0.05) is 35.3 Å². The summed E-state index contributed by atoms with van der Waals surface area (Å²) < 4.78 is 15.9. The lowest BCUT2D eigenvalue weighted by molar-refractivity contribution is -0.145. The molecule has 0 radical (unpaired) electrons. The summed E-state index contributed by atoms with van der Waals surface area (Å²) in [7, 11) is 0. The van der Waals surface area contributed by atoms with Gasteiger partial charge >= 0.3 is 5.97 Å². The summed E-state index contributed by atoms with van der Waals surface area (Å²) in [5.74, 6) is 0.402. The summed E-state index contributed by atoms with van der Waals surface area (Å²) in [5.41, 5.74) is 2.00. The van der Waals surface area contributed by atoms with Crippen LogP contribution in [0.2, 0.25) is 0 Å². The van der Waals surface area contributed by atoms with Gasteiger partial charge in [-0.3, -0.25) is 9.78 Å². The van der Waals surface area contributed by atoms with Gasteiger partial charge in [0.25, 0.3) is 5.91 Å². The number of ether oxygens (including phenoxy) is 3. The molecule has 0 spiro atoms. The minimum Gasteiger partial charge on any atom is -0.489 e. The second-order valence-corrected chi connectivity index (χ2v) is 6.25. The van der Waals surface area contributed by atoms with Crippen LogP contribution in [0.3, 0.4) is 0 Å². The fraction of sp³-hybridized carbons (Fsp3) is 0.174. The van der Waals surface area contributed by atoms with E-state index in [1.165, 1.54) is 0 Å².